The van der Waals surface area contributed by atoms with Crippen molar-refractivity contribution in [3.63, 3.8) is 0 Å². The third kappa shape index (κ3) is 4.65. The topological polar surface area (TPSA) is 74.7 Å². The molecule has 0 atom stereocenters. The summed E-state index contributed by atoms with van der Waals surface area (Å²) in [5, 5.41) is 11.3. The van der Waals surface area contributed by atoms with E-state index in [-0.39, 0.29) is 23.9 Å². The second kappa shape index (κ2) is 6.26. The molecule has 19 heavy (non-hydrogen) atoms. The van der Waals surface area contributed by atoms with Crippen molar-refractivity contribution in [3.8, 4) is 0 Å². The molecule has 3 N–H and O–H groups in total. The second-order valence-corrected chi connectivity index (χ2v) is 3.90. The van der Waals surface area contributed by atoms with E-state index >= 15 is 0 Å². The van der Waals surface area contributed by atoms with Gasteiger partial charge in [0.15, 0.2) is 5.84 Å². The summed E-state index contributed by atoms with van der Waals surface area (Å²) in [6.45, 7) is 0.899. The normalized spacial score (nSPS) is 12.5. The fourth-order valence-electron chi connectivity index (χ4n) is 1.55. The SMILES string of the molecule is CCCN(CC(F)(F)F)c1cccc(C(N)=NO)n1. The van der Waals surface area contributed by atoms with Crippen molar-refractivity contribution < 1.29 is 18.4 Å². The van der Waals surface area contributed by atoms with Gasteiger partial charge >= 0.3 is 6.18 Å². The number of aromatic nitrogens is 1. The van der Waals surface area contributed by atoms with Crippen LogP contribution in [0.3, 0.4) is 0 Å². The molecule has 1 aromatic heterocycles. The minimum atomic E-state index is -4.32. The Kier molecular flexibility index (Phi) is 4.96. The number of hydrogen-bond acceptors (Lipinski definition) is 4. The molecule has 0 aliphatic carbocycles. The maximum absolute atomic E-state index is 12.5. The van der Waals surface area contributed by atoms with Gasteiger partial charge in [-0.3, -0.25) is 0 Å². The average Bonchev–Trinajstić information content (AvgIpc) is 2.36. The Morgan fingerprint density at radius 1 is 1.47 bits per heavy atom. The second-order valence-electron chi connectivity index (χ2n) is 3.90. The summed E-state index contributed by atoms with van der Waals surface area (Å²) in [6.07, 6.45) is -3.77. The van der Waals surface area contributed by atoms with Crippen LogP contribution in [0, 0.1) is 0 Å². The predicted molar refractivity (Wildman–Crippen MR) is 65.3 cm³/mol. The number of amidine groups is 1. The molecule has 1 aromatic rings. The van der Waals surface area contributed by atoms with Crippen LogP contribution >= 0.6 is 0 Å². The summed E-state index contributed by atoms with van der Waals surface area (Å²) >= 11 is 0. The summed E-state index contributed by atoms with van der Waals surface area (Å²) in [5.74, 6) is -0.103. The number of oxime groups is 1. The van der Waals surface area contributed by atoms with Crippen LogP contribution in [0.2, 0.25) is 0 Å². The molecule has 0 aliphatic rings. The molecule has 0 unspecified atom stereocenters. The molecular formula is C11H15F3N4O. The highest BCUT2D eigenvalue weighted by molar-refractivity contribution is 5.95. The highest BCUT2D eigenvalue weighted by Gasteiger charge is 2.31. The van der Waals surface area contributed by atoms with Crippen LogP contribution in [0.4, 0.5) is 19.0 Å². The monoisotopic (exact) mass is 276 g/mol. The zero-order chi connectivity index (χ0) is 14.5. The van der Waals surface area contributed by atoms with Gasteiger partial charge in [-0.05, 0) is 18.6 Å². The Balaban J connectivity index is 3.02. The van der Waals surface area contributed by atoms with Gasteiger partial charge in [0.25, 0.3) is 0 Å². The summed E-state index contributed by atoms with van der Waals surface area (Å²) < 4.78 is 37.4. The summed E-state index contributed by atoms with van der Waals surface area (Å²) in [7, 11) is 0. The number of rotatable bonds is 5. The van der Waals surface area contributed by atoms with Crippen LogP contribution in [0.1, 0.15) is 19.0 Å². The molecule has 1 rings (SSSR count). The lowest BCUT2D eigenvalue weighted by molar-refractivity contribution is -0.119. The fraction of sp³-hybridized carbons (Fsp3) is 0.455. The number of nitrogens with zero attached hydrogens (tertiary/aromatic N) is 3. The molecule has 0 radical (unpaired) electrons. The molecule has 0 saturated heterocycles. The van der Waals surface area contributed by atoms with Gasteiger partial charge in [0.05, 0.1) is 0 Å². The molecule has 8 heteroatoms. The molecule has 0 fully saturated rings. The molecule has 0 amide bonds. The van der Waals surface area contributed by atoms with Crippen LogP contribution in [0.5, 0.6) is 0 Å². The van der Waals surface area contributed by atoms with Crippen LogP contribution in [0.25, 0.3) is 0 Å². The van der Waals surface area contributed by atoms with Crippen LogP contribution < -0.4 is 10.6 Å². The van der Waals surface area contributed by atoms with E-state index in [4.69, 9.17) is 10.9 Å². The van der Waals surface area contributed by atoms with Gasteiger partial charge < -0.3 is 15.8 Å². The molecule has 0 saturated carbocycles. The lowest BCUT2D eigenvalue weighted by Crippen LogP contribution is -2.35. The van der Waals surface area contributed by atoms with E-state index in [2.05, 4.69) is 10.1 Å². The zero-order valence-corrected chi connectivity index (χ0v) is 10.4. The van der Waals surface area contributed by atoms with Crippen molar-refractivity contribution in [2.75, 3.05) is 18.0 Å². The quantitative estimate of drug-likeness (QED) is 0.373. The van der Waals surface area contributed by atoms with Gasteiger partial charge in [0.1, 0.15) is 18.1 Å². The Labute approximate surface area is 108 Å². The highest BCUT2D eigenvalue weighted by atomic mass is 19.4. The lowest BCUT2D eigenvalue weighted by atomic mass is 10.3. The van der Waals surface area contributed by atoms with Gasteiger partial charge in [-0.15, -0.1) is 0 Å². The van der Waals surface area contributed by atoms with Crippen molar-refractivity contribution in [1.82, 2.24) is 4.98 Å². The van der Waals surface area contributed by atoms with E-state index in [1.165, 1.54) is 18.2 Å². The Hall–Kier alpha value is -1.99. The molecule has 0 aliphatic heterocycles. The predicted octanol–water partition coefficient (Wildman–Crippen LogP) is 1.95. The first-order valence-electron chi connectivity index (χ1n) is 5.64. The van der Waals surface area contributed by atoms with Gasteiger partial charge in [-0.25, -0.2) is 4.98 Å². The fourth-order valence-corrected chi connectivity index (χ4v) is 1.55. The van der Waals surface area contributed by atoms with Crippen molar-refractivity contribution in [2.24, 2.45) is 10.9 Å². The lowest BCUT2D eigenvalue weighted by Gasteiger charge is -2.24. The van der Waals surface area contributed by atoms with Crippen molar-refractivity contribution in [2.45, 2.75) is 19.5 Å². The van der Waals surface area contributed by atoms with Crippen LogP contribution in [-0.2, 0) is 0 Å². The van der Waals surface area contributed by atoms with Crippen molar-refractivity contribution in [3.05, 3.63) is 23.9 Å². The molecule has 0 aromatic carbocycles. The van der Waals surface area contributed by atoms with E-state index in [0.717, 1.165) is 4.90 Å². The van der Waals surface area contributed by atoms with Crippen molar-refractivity contribution >= 4 is 11.7 Å². The van der Waals surface area contributed by atoms with E-state index in [1.807, 2.05) is 0 Å². The number of anilines is 1. The van der Waals surface area contributed by atoms with Gasteiger partial charge in [0.2, 0.25) is 0 Å². The number of halogens is 3. The Bertz CT molecular complexity index is 448. The van der Waals surface area contributed by atoms with E-state index in [1.54, 1.807) is 6.92 Å². The Morgan fingerprint density at radius 3 is 2.68 bits per heavy atom. The van der Waals surface area contributed by atoms with Gasteiger partial charge in [-0.1, -0.05) is 18.1 Å². The molecule has 0 spiro atoms. The largest absolute Gasteiger partial charge is 0.409 e. The number of nitrogens with two attached hydrogens (primary N) is 1. The third-order valence-corrected chi connectivity index (χ3v) is 2.29. The first-order chi connectivity index (χ1) is 8.87. The minimum absolute atomic E-state index is 0.128. The maximum atomic E-state index is 12.5. The van der Waals surface area contributed by atoms with Gasteiger partial charge in [0, 0.05) is 6.54 Å². The summed E-state index contributed by atoms with van der Waals surface area (Å²) in [6, 6.07) is 4.42. The van der Waals surface area contributed by atoms with E-state index < -0.39 is 12.7 Å². The first-order valence-corrected chi connectivity index (χ1v) is 5.64. The molecule has 106 valence electrons. The van der Waals surface area contributed by atoms with E-state index in [0.29, 0.717) is 6.42 Å². The first kappa shape index (κ1) is 15.1. The number of alkyl halides is 3. The van der Waals surface area contributed by atoms with E-state index in [9.17, 15) is 13.2 Å². The third-order valence-electron chi connectivity index (χ3n) is 2.29. The number of hydrogen-bond donors (Lipinski definition) is 2. The molecule has 0 bridgehead atoms. The standard InChI is InChI=1S/C11H15F3N4O/c1-2-6-18(7-11(12,13)14)9-5-3-4-8(16-9)10(15)17-19/h3-5,19H,2,6-7H2,1H3,(H2,15,17). The summed E-state index contributed by atoms with van der Waals surface area (Å²) in [4.78, 5) is 5.06. The molecular weight excluding hydrogens is 261 g/mol. The van der Waals surface area contributed by atoms with Gasteiger partial charge in [-0.2, -0.15) is 13.2 Å². The smallest absolute Gasteiger partial charge is 0.405 e. The maximum Gasteiger partial charge on any atom is 0.405 e. The van der Waals surface area contributed by atoms with Crippen molar-refractivity contribution in [1.29, 1.82) is 0 Å². The van der Waals surface area contributed by atoms with Crippen LogP contribution in [0.15, 0.2) is 23.4 Å². The summed E-state index contributed by atoms with van der Waals surface area (Å²) in [5.41, 5.74) is 5.49. The molecule has 1 heterocycles. The number of pyridine rings is 1. The average molecular weight is 276 g/mol. The zero-order valence-electron chi connectivity index (χ0n) is 10.4. The van der Waals surface area contributed by atoms with Crippen LogP contribution in [-0.4, -0.2) is 35.3 Å². The Morgan fingerprint density at radius 2 is 2.16 bits per heavy atom. The molecule has 5 nitrogen and oxygen atoms in total. The minimum Gasteiger partial charge on any atom is -0.409 e. The highest BCUT2D eigenvalue weighted by Crippen LogP contribution is 2.21.